The molecule has 0 saturated carbocycles. The zero-order valence-electron chi connectivity index (χ0n) is 20.6. The predicted molar refractivity (Wildman–Crippen MR) is 138 cm³/mol. The molecule has 10 nitrogen and oxygen atoms in total. The van der Waals surface area contributed by atoms with Gasteiger partial charge >= 0.3 is 17.8 Å². The van der Waals surface area contributed by atoms with Crippen LogP contribution >= 0.6 is 0 Å². The lowest BCUT2D eigenvalue weighted by atomic mass is 10.2. The van der Waals surface area contributed by atoms with Crippen molar-refractivity contribution in [3.63, 3.8) is 0 Å². The van der Waals surface area contributed by atoms with Crippen LogP contribution in [0.15, 0.2) is 71.8 Å². The van der Waals surface area contributed by atoms with E-state index in [0.29, 0.717) is 47.3 Å². The van der Waals surface area contributed by atoms with Crippen LogP contribution in [0.5, 0.6) is 23.0 Å². The van der Waals surface area contributed by atoms with Gasteiger partial charge in [-0.1, -0.05) is 12.1 Å². The lowest BCUT2D eigenvalue weighted by Crippen LogP contribution is -2.32. The fourth-order valence-electron chi connectivity index (χ4n) is 3.11. The monoisotopic (exact) mass is 505 g/mol. The molecule has 0 spiro atoms. The van der Waals surface area contributed by atoms with Crippen molar-refractivity contribution in [2.75, 3.05) is 25.6 Å². The minimum Gasteiger partial charge on any atom is -0.495 e. The van der Waals surface area contributed by atoms with Crippen LogP contribution in [-0.2, 0) is 9.59 Å². The number of nitrogens with zero attached hydrogens (tertiary/aromatic N) is 1. The van der Waals surface area contributed by atoms with E-state index in [1.165, 1.54) is 13.3 Å². The van der Waals surface area contributed by atoms with Gasteiger partial charge in [0.1, 0.15) is 11.5 Å². The van der Waals surface area contributed by atoms with E-state index in [2.05, 4.69) is 15.8 Å². The highest BCUT2D eigenvalue weighted by atomic mass is 16.6. The average Bonchev–Trinajstić information content (AvgIpc) is 2.91. The van der Waals surface area contributed by atoms with E-state index in [1.54, 1.807) is 73.7 Å². The molecule has 3 rings (SSSR count). The van der Waals surface area contributed by atoms with Gasteiger partial charge < -0.3 is 24.3 Å². The third kappa shape index (κ3) is 7.56. The molecular formula is C27H27N3O7. The molecule has 0 aliphatic carbocycles. The van der Waals surface area contributed by atoms with Crippen LogP contribution < -0.4 is 29.7 Å². The number of hydrazone groups is 1. The van der Waals surface area contributed by atoms with Crippen LogP contribution in [0.3, 0.4) is 0 Å². The summed E-state index contributed by atoms with van der Waals surface area (Å²) in [7, 11) is 1.46. The highest BCUT2D eigenvalue weighted by Gasteiger charge is 2.16. The number of hydrogen-bond acceptors (Lipinski definition) is 8. The zero-order chi connectivity index (χ0) is 26.6. The van der Waals surface area contributed by atoms with Gasteiger partial charge in [-0.2, -0.15) is 5.10 Å². The van der Waals surface area contributed by atoms with E-state index in [4.69, 9.17) is 18.9 Å². The standard InChI is InChI=1S/C27H27N3O7/c1-4-35-20-13-11-19(12-14-20)27(33)37-23-15-10-18(16-24(23)36-5-2)17-28-30-26(32)25(31)29-21-8-6-7-9-22(21)34-3/h6-17H,4-5H2,1-3H3,(H,29,31)(H,30,32). The Kier molecular flexibility index (Phi) is 9.60. The highest BCUT2D eigenvalue weighted by Crippen LogP contribution is 2.29. The third-order valence-electron chi connectivity index (χ3n) is 4.81. The van der Waals surface area contributed by atoms with Crippen LogP contribution in [0.1, 0.15) is 29.8 Å². The molecule has 0 aliphatic heterocycles. The highest BCUT2D eigenvalue weighted by molar-refractivity contribution is 6.39. The normalized spacial score (nSPS) is 10.5. The second kappa shape index (κ2) is 13.3. The van der Waals surface area contributed by atoms with E-state index in [1.807, 2.05) is 6.92 Å². The summed E-state index contributed by atoms with van der Waals surface area (Å²) >= 11 is 0. The molecule has 0 heterocycles. The molecule has 0 atom stereocenters. The molecule has 192 valence electrons. The largest absolute Gasteiger partial charge is 0.495 e. The average molecular weight is 506 g/mol. The van der Waals surface area contributed by atoms with Crippen LogP contribution in [0.2, 0.25) is 0 Å². The van der Waals surface area contributed by atoms with Crippen LogP contribution in [0.25, 0.3) is 0 Å². The molecule has 0 aromatic heterocycles. The molecule has 0 bridgehead atoms. The van der Waals surface area contributed by atoms with E-state index in [-0.39, 0.29) is 5.75 Å². The van der Waals surface area contributed by atoms with Crippen molar-refractivity contribution < 1.29 is 33.3 Å². The third-order valence-corrected chi connectivity index (χ3v) is 4.81. The molecule has 37 heavy (non-hydrogen) atoms. The van der Waals surface area contributed by atoms with Gasteiger partial charge in [-0.15, -0.1) is 0 Å². The molecule has 0 radical (unpaired) electrons. The summed E-state index contributed by atoms with van der Waals surface area (Å²) in [5.74, 6) is -0.829. The van der Waals surface area contributed by atoms with Gasteiger partial charge in [0.2, 0.25) is 0 Å². The Morgan fingerprint density at radius 3 is 2.27 bits per heavy atom. The van der Waals surface area contributed by atoms with Crippen LogP contribution in [-0.4, -0.2) is 44.3 Å². The van der Waals surface area contributed by atoms with Crippen molar-refractivity contribution >= 4 is 29.7 Å². The molecule has 2 amide bonds. The van der Waals surface area contributed by atoms with Crippen molar-refractivity contribution in [3.8, 4) is 23.0 Å². The smallest absolute Gasteiger partial charge is 0.343 e. The van der Waals surface area contributed by atoms with Crippen molar-refractivity contribution in [1.29, 1.82) is 0 Å². The van der Waals surface area contributed by atoms with Crippen molar-refractivity contribution in [2.45, 2.75) is 13.8 Å². The van der Waals surface area contributed by atoms with Gasteiger partial charge in [-0.25, -0.2) is 10.2 Å². The number of benzene rings is 3. The van der Waals surface area contributed by atoms with Gasteiger partial charge in [0.25, 0.3) is 0 Å². The van der Waals surface area contributed by atoms with Gasteiger partial charge in [-0.05, 0) is 74.0 Å². The Bertz CT molecular complexity index is 1270. The number of carbonyl (C=O) groups is 3. The summed E-state index contributed by atoms with van der Waals surface area (Å²) in [4.78, 5) is 36.8. The number of anilines is 1. The molecule has 0 saturated heterocycles. The molecule has 3 aromatic rings. The Labute approximate surface area is 214 Å². The van der Waals surface area contributed by atoms with Gasteiger partial charge in [-0.3, -0.25) is 9.59 Å². The Morgan fingerprint density at radius 2 is 1.57 bits per heavy atom. The first-order chi connectivity index (χ1) is 17.9. The maximum atomic E-state index is 12.6. The molecule has 0 fully saturated rings. The number of nitrogens with one attached hydrogen (secondary N) is 2. The first kappa shape index (κ1) is 26.7. The second-order valence-corrected chi connectivity index (χ2v) is 7.34. The fourth-order valence-corrected chi connectivity index (χ4v) is 3.11. The molecule has 10 heteroatoms. The number of esters is 1. The SMILES string of the molecule is CCOc1ccc(C(=O)Oc2ccc(C=NNC(=O)C(=O)Nc3ccccc3OC)cc2OCC)cc1. The first-order valence-corrected chi connectivity index (χ1v) is 11.4. The van der Waals surface area contributed by atoms with Crippen molar-refractivity contribution in [1.82, 2.24) is 5.43 Å². The van der Waals surface area contributed by atoms with Crippen molar-refractivity contribution in [2.24, 2.45) is 5.10 Å². The quantitative estimate of drug-likeness (QED) is 0.141. The number of hydrogen-bond donors (Lipinski definition) is 2. The molecule has 3 aromatic carbocycles. The van der Waals surface area contributed by atoms with Crippen LogP contribution in [0.4, 0.5) is 5.69 Å². The van der Waals surface area contributed by atoms with E-state index in [9.17, 15) is 14.4 Å². The fraction of sp³-hybridized carbons (Fsp3) is 0.185. The van der Waals surface area contributed by atoms with Gasteiger partial charge in [0.05, 0.1) is 37.8 Å². The Morgan fingerprint density at radius 1 is 0.838 bits per heavy atom. The maximum Gasteiger partial charge on any atom is 0.343 e. The Hall–Kier alpha value is -4.86. The first-order valence-electron chi connectivity index (χ1n) is 11.4. The number of ether oxygens (including phenoxy) is 4. The predicted octanol–water partition coefficient (Wildman–Crippen LogP) is 3.80. The van der Waals surface area contributed by atoms with Gasteiger partial charge in [0.15, 0.2) is 11.5 Å². The summed E-state index contributed by atoms with van der Waals surface area (Å²) in [6.07, 6.45) is 1.33. The van der Waals surface area contributed by atoms with E-state index in [0.717, 1.165) is 0 Å². The second-order valence-electron chi connectivity index (χ2n) is 7.34. The summed E-state index contributed by atoms with van der Waals surface area (Å²) in [6, 6.07) is 18.1. The number of amides is 2. The zero-order valence-corrected chi connectivity index (χ0v) is 20.6. The van der Waals surface area contributed by atoms with Crippen molar-refractivity contribution in [3.05, 3.63) is 77.9 Å². The number of methoxy groups -OCH3 is 1. The number of rotatable bonds is 10. The van der Waals surface area contributed by atoms with E-state index < -0.39 is 17.8 Å². The number of carbonyl (C=O) groups excluding carboxylic acids is 3. The topological polar surface area (TPSA) is 125 Å². The lowest BCUT2D eigenvalue weighted by molar-refractivity contribution is -0.136. The van der Waals surface area contributed by atoms with Crippen LogP contribution in [0, 0.1) is 0 Å². The minimum atomic E-state index is -0.965. The summed E-state index contributed by atoms with van der Waals surface area (Å²) in [5, 5.41) is 6.28. The Balaban J connectivity index is 1.63. The molecule has 0 unspecified atom stereocenters. The maximum absolute atomic E-state index is 12.6. The summed E-state index contributed by atoms with van der Waals surface area (Å²) in [6.45, 7) is 4.52. The number of para-hydroxylation sites is 2. The molecular weight excluding hydrogens is 478 g/mol. The van der Waals surface area contributed by atoms with E-state index >= 15 is 0 Å². The minimum absolute atomic E-state index is 0.220. The van der Waals surface area contributed by atoms with Gasteiger partial charge in [0, 0.05) is 0 Å². The molecule has 2 N–H and O–H groups in total. The summed E-state index contributed by atoms with van der Waals surface area (Å²) < 4.78 is 21.6. The molecule has 0 aliphatic rings. The lowest BCUT2D eigenvalue weighted by Gasteiger charge is -2.11. The summed E-state index contributed by atoms with van der Waals surface area (Å²) in [5.41, 5.74) is 3.41.